The van der Waals surface area contributed by atoms with E-state index < -0.39 is 0 Å². The molecule has 1 unspecified atom stereocenters. The first-order valence-electron chi connectivity index (χ1n) is 8.51. The lowest BCUT2D eigenvalue weighted by Gasteiger charge is -2.35. The van der Waals surface area contributed by atoms with E-state index >= 15 is 0 Å². The fourth-order valence-electron chi connectivity index (χ4n) is 3.55. The molecule has 21 heavy (non-hydrogen) atoms. The minimum atomic E-state index is 0.451. The molecule has 1 aliphatic rings. The standard InChI is InChI=1S/C19H32N2/c1-14(2)13-21-10-8-18(9-11-21)20-17(5)19-7-6-15(3)12-16(19)4/h6-7,12,14,17-18,20H,8-11,13H2,1-5H3. The molecule has 2 heteroatoms. The summed E-state index contributed by atoms with van der Waals surface area (Å²) in [5, 5.41) is 3.84. The first kappa shape index (κ1) is 16.5. The molecule has 0 amide bonds. The second kappa shape index (κ2) is 7.42. The van der Waals surface area contributed by atoms with E-state index in [4.69, 9.17) is 0 Å². The van der Waals surface area contributed by atoms with Gasteiger partial charge >= 0.3 is 0 Å². The van der Waals surface area contributed by atoms with Gasteiger partial charge in [0.05, 0.1) is 0 Å². The van der Waals surface area contributed by atoms with Crippen LogP contribution in [0.1, 0.15) is 56.3 Å². The number of hydrogen-bond acceptors (Lipinski definition) is 2. The number of rotatable bonds is 5. The number of nitrogens with one attached hydrogen (secondary N) is 1. The summed E-state index contributed by atoms with van der Waals surface area (Å²) in [5.74, 6) is 0.781. The quantitative estimate of drug-likeness (QED) is 0.878. The van der Waals surface area contributed by atoms with Crippen LogP contribution in [0, 0.1) is 19.8 Å². The highest BCUT2D eigenvalue weighted by molar-refractivity contribution is 5.32. The van der Waals surface area contributed by atoms with Crippen molar-refractivity contribution in [2.24, 2.45) is 5.92 Å². The van der Waals surface area contributed by atoms with Crippen molar-refractivity contribution in [3.05, 3.63) is 34.9 Å². The largest absolute Gasteiger partial charge is 0.307 e. The molecule has 2 rings (SSSR count). The van der Waals surface area contributed by atoms with E-state index in [9.17, 15) is 0 Å². The fraction of sp³-hybridized carbons (Fsp3) is 0.684. The Balaban J connectivity index is 1.85. The highest BCUT2D eigenvalue weighted by Gasteiger charge is 2.21. The van der Waals surface area contributed by atoms with Crippen molar-refractivity contribution < 1.29 is 0 Å². The molecule has 0 aromatic heterocycles. The number of hydrogen-bond donors (Lipinski definition) is 1. The molecule has 0 saturated carbocycles. The minimum absolute atomic E-state index is 0.451. The summed E-state index contributed by atoms with van der Waals surface area (Å²) in [6.45, 7) is 15.1. The van der Waals surface area contributed by atoms with Crippen LogP contribution in [0.2, 0.25) is 0 Å². The van der Waals surface area contributed by atoms with E-state index in [0.717, 1.165) is 5.92 Å². The van der Waals surface area contributed by atoms with Gasteiger partial charge in [-0.15, -0.1) is 0 Å². The highest BCUT2D eigenvalue weighted by atomic mass is 15.1. The van der Waals surface area contributed by atoms with Gasteiger partial charge in [-0.3, -0.25) is 0 Å². The smallest absolute Gasteiger partial charge is 0.0296 e. The highest BCUT2D eigenvalue weighted by Crippen LogP contribution is 2.21. The predicted octanol–water partition coefficient (Wildman–Crippen LogP) is 4.07. The molecule has 1 heterocycles. The Morgan fingerprint density at radius 3 is 2.38 bits per heavy atom. The maximum absolute atomic E-state index is 3.84. The maximum Gasteiger partial charge on any atom is 0.0296 e. The van der Waals surface area contributed by atoms with Crippen molar-refractivity contribution in [2.45, 2.75) is 59.5 Å². The van der Waals surface area contributed by atoms with Gasteiger partial charge in [0.1, 0.15) is 0 Å². The lowest BCUT2D eigenvalue weighted by molar-refractivity contribution is 0.175. The molecule has 1 fully saturated rings. The molecule has 1 saturated heterocycles. The van der Waals surface area contributed by atoms with Crippen LogP contribution >= 0.6 is 0 Å². The zero-order chi connectivity index (χ0) is 15.4. The van der Waals surface area contributed by atoms with Crippen molar-refractivity contribution >= 4 is 0 Å². The Kier molecular flexibility index (Phi) is 5.83. The number of aryl methyl sites for hydroxylation is 2. The topological polar surface area (TPSA) is 15.3 Å². The van der Waals surface area contributed by atoms with E-state index in [0.29, 0.717) is 12.1 Å². The number of benzene rings is 1. The average molecular weight is 288 g/mol. The zero-order valence-electron chi connectivity index (χ0n) is 14.4. The van der Waals surface area contributed by atoms with Gasteiger partial charge < -0.3 is 10.2 Å². The molecule has 2 nitrogen and oxygen atoms in total. The van der Waals surface area contributed by atoms with Crippen LogP contribution in [-0.4, -0.2) is 30.6 Å². The predicted molar refractivity (Wildman–Crippen MR) is 91.8 cm³/mol. The van der Waals surface area contributed by atoms with E-state index in [1.165, 1.54) is 49.2 Å². The summed E-state index contributed by atoms with van der Waals surface area (Å²) in [7, 11) is 0. The first-order valence-corrected chi connectivity index (χ1v) is 8.51. The van der Waals surface area contributed by atoms with Crippen LogP contribution in [-0.2, 0) is 0 Å². The summed E-state index contributed by atoms with van der Waals surface area (Å²) < 4.78 is 0. The van der Waals surface area contributed by atoms with Crippen molar-refractivity contribution in [1.29, 1.82) is 0 Å². The molecule has 1 aliphatic heterocycles. The van der Waals surface area contributed by atoms with Crippen LogP contribution in [0.15, 0.2) is 18.2 Å². The van der Waals surface area contributed by atoms with Crippen molar-refractivity contribution in [1.82, 2.24) is 10.2 Å². The van der Waals surface area contributed by atoms with E-state index in [1.807, 2.05) is 0 Å². The molecule has 1 N–H and O–H groups in total. The summed E-state index contributed by atoms with van der Waals surface area (Å²) >= 11 is 0. The number of nitrogens with zero attached hydrogens (tertiary/aromatic N) is 1. The normalized spacial score (nSPS) is 19.1. The molecule has 118 valence electrons. The molecular formula is C19H32N2. The van der Waals surface area contributed by atoms with Gasteiger partial charge in [-0.25, -0.2) is 0 Å². The van der Waals surface area contributed by atoms with Crippen molar-refractivity contribution in [3.8, 4) is 0 Å². The third-order valence-corrected chi connectivity index (χ3v) is 4.59. The monoisotopic (exact) mass is 288 g/mol. The third kappa shape index (κ3) is 4.82. The second-order valence-corrected chi connectivity index (χ2v) is 7.22. The Morgan fingerprint density at radius 1 is 1.14 bits per heavy atom. The van der Waals surface area contributed by atoms with Crippen LogP contribution in [0.3, 0.4) is 0 Å². The molecule has 0 aliphatic carbocycles. The summed E-state index contributed by atoms with van der Waals surface area (Å²) in [4.78, 5) is 2.62. The van der Waals surface area contributed by atoms with Gasteiger partial charge in [-0.1, -0.05) is 37.6 Å². The van der Waals surface area contributed by atoms with Crippen LogP contribution < -0.4 is 5.32 Å². The summed E-state index contributed by atoms with van der Waals surface area (Å²) in [5.41, 5.74) is 4.21. The lowest BCUT2D eigenvalue weighted by Crippen LogP contribution is -2.44. The number of likely N-dealkylation sites (tertiary alicyclic amines) is 1. The molecule has 1 aromatic carbocycles. The van der Waals surface area contributed by atoms with E-state index in [1.54, 1.807) is 0 Å². The Bertz CT molecular complexity index is 445. The van der Waals surface area contributed by atoms with Crippen LogP contribution in [0.25, 0.3) is 0 Å². The Hall–Kier alpha value is -0.860. The minimum Gasteiger partial charge on any atom is -0.307 e. The van der Waals surface area contributed by atoms with Gasteiger partial charge in [-0.2, -0.15) is 0 Å². The van der Waals surface area contributed by atoms with Gasteiger partial charge in [0.15, 0.2) is 0 Å². The van der Waals surface area contributed by atoms with E-state index in [-0.39, 0.29) is 0 Å². The van der Waals surface area contributed by atoms with Gasteiger partial charge in [0, 0.05) is 18.6 Å². The summed E-state index contributed by atoms with van der Waals surface area (Å²) in [6.07, 6.45) is 2.56. The zero-order valence-corrected chi connectivity index (χ0v) is 14.4. The Morgan fingerprint density at radius 2 is 1.81 bits per heavy atom. The summed E-state index contributed by atoms with van der Waals surface area (Å²) in [6, 6.07) is 7.93. The van der Waals surface area contributed by atoms with Crippen molar-refractivity contribution in [2.75, 3.05) is 19.6 Å². The molecule has 0 bridgehead atoms. The third-order valence-electron chi connectivity index (χ3n) is 4.59. The van der Waals surface area contributed by atoms with E-state index in [2.05, 4.69) is 63.0 Å². The second-order valence-electron chi connectivity index (χ2n) is 7.22. The van der Waals surface area contributed by atoms with Crippen LogP contribution in [0.4, 0.5) is 0 Å². The number of piperidine rings is 1. The van der Waals surface area contributed by atoms with Gasteiger partial charge in [-0.05, 0) is 63.7 Å². The Labute approximate surface area is 130 Å². The average Bonchev–Trinajstić information content (AvgIpc) is 2.40. The van der Waals surface area contributed by atoms with Crippen LogP contribution in [0.5, 0.6) is 0 Å². The molecular weight excluding hydrogens is 256 g/mol. The van der Waals surface area contributed by atoms with Crippen molar-refractivity contribution in [3.63, 3.8) is 0 Å². The molecule has 0 spiro atoms. The van der Waals surface area contributed by atoms with Gasteiger partial charge in [0.25, 0.3) is 0 Å². The fourth-order valence-corrected chi connectivity index (χ4v) is 3.55. The molecule has 1 atom stereocenters. The van der Waals surface area contributed by atoms with Gasteiger partial charge in [0.2, 0.25) is 0 Å². The molecule has 0 radical (unpaired) electrons. The maximum atomic E-state index is 3.84. The lowest BCUT2D eigenvalue weighted by atomic mass is 9.97. The first-order chi connectivity index (χ1) is 9.95. The molecule has 1 aromatic rings. The SMILES string of the molecule is Cc1ccc(C(C)NC2CCN(CC(C)C)CC2)c(C)c1.